The van der Waals surface area contributed by atoms with E-state index in [2.05, 4.69) is 29.4 Å². The van der Waals surface area contributed by atoms with Gasteiger partial charge in [-0.25, -0.2) is 4.79 Å². The summed E-state index contributed by atoms with van der Waals surface area (Å²) in [4.78, 5) is 31.1. The zero-order valence-electron chi connectivity index (χ0n) is 20.5. The van der Waals surface area contributed by atoms with Crippen molar-refractivity contribution in [3.8, 4) is 5.75 Å². The normalized spacial score (nSPS) is 14.6. The molecule has 0 aliphatic carbocycles. The van der Waals surface area contributed by atoms with E-state index in [0.29, 0.717) is 23.9 Å². The number of nitrogens with one attached hydrogen (secondary N) is 1. The summed E-state index contributed by atoms with van der Waals surface area (Å²) in [5, 5.41) is 5.40. The number of carbonyl (C=O) groups is 2. The number of carbonyl (C=O) groups excluding carboxylic acids is 2. The minimum absolute atomic E-state index is 0.0715. The van der Waals surface area contributed by atoms with Gasteiger partial charge in [-0.1, -0.05) is 41.4 Å². The summed E-state index contributed by atoms with van der Waals surface area (Å²) in [6, 6.07) is 14.4. The number of aryl methyl sites for hydroxylation is 2. The average Bonchev–Trinajstić information content (AvgIpc) is 3.32. The highest BCUT2D eigenvalue weighted by Crippen LogP contribution is 2.34. The van der Waals surface area contributed by atoms with Gasteiger partial charge in [-0.05, 0) is 67.1 Å². The molecule has 3 aromatic rings. The quantitative estimate of drug-likeness (QED) is 0.355. The SMILES string of the molecule is C=CCN(CC(=O)N1CCc2sccc2C1COc1ccc(C)cc1C)C(=O)Nc1cccc(Cl)c1. The van der Waals surface area contributed by atoms with Crippen molar-refractivity contribution < 1.29 is 14.3 Å². The smallest absolute Gasteiger partial charge is 0.322 e. The summed E-state index contributed by atoms with van der Waals surface area (Å²) in [6.45, 7) is 8.90. The first-order valence-corrected chi connectivity index (χ1v) is 13.1. The standard InChI is InChI=1S/C28H30ClN3O3S/c1-4-12-31(28(34)30-22-7-5-6-21(29)16-22)17-27(33)32-13-10-26-23(11-14-36-26)24(32)18-35-25-9-8-19(2)15-20(25)3/h4-9,11,14-16,24H,1,10,12-13,17-18H2,2-3H3,(H,30,34). The molecule has 1 aliphatic heterocycles. The minimum Gasteiger partial charge on any atom is -0.491 e. The Morgan fingerprint density at radius 1 is 1.25 bits per heavy atom. The van der Waals surface area contributed by atoms with Gasteiger partial charge >= 0.3 is 6.03 Å². The highest BCUT2D eigenvalue weighted by molar-refractivity contribution is 7.10. The highest BCUT2D eigenvalue weighted by atomic mass is 35.5. The molecule has 0 fully saturated rings. The van der Waals surface area contributed by atoms with Gasteiger partial charge in [-0.3, -0.25) is 4.79 Å². The van der Waals surface area contributed by atoms with E-state index in [1.165, 1.54) is 15.3 Å². The largest absolute Gasteiger partial charge is 0.491 e. The van der Waals surface area contributed by atoms with Crippen LogP contribution in [0.5, 0.6) is 5.75 Å². The van der Waals surface area contributed by atoms with E-state index in [0.717, 1.165) is 23.3 Å². The van der Waals surface area contributed by atoms with E-state index in [1.807, 2.05) is 30.9 Å². The van der Waals surface area contributed by atoms with Crippen molar-refractivity contribution in [2.24, 2.45) is 0 Å². The fourth-order valence-electron chi connectivity index (χ4n) is 4.40. The monoisotopic (exact) mass is 523 g/mol. The number of fused-ring (bicyclic) bond motifs is 1. The third-order valence-corrected chi connectivity index (χ3v) is 7.41. The lowest BCUT2D eigenvalue weighted by Gasteiger charge is -2.37. The van der Waals surface area contributed by atoms with Crippen LogP contribution >= 0.6 is 22.9 Å². The van der Waals surface area contributed by atoms with Gasteiger partial charge in [-0.15, -0.1) is 17.9 Å². The van der Waals surface area contributed by atoms with E-state index in [-0.39, 0.29) is 31.1 Å². The predicted molar refractivity (Wildman–Crippen MR) is 146 cm³/mol. The van der Waals surface area contributed by atoms with Gasteiger partial charge in [0.25, 0.3) is 0 Å². The molecule has 188 valence electrons. The second-order valence-corrected chi connectivity index (χ2v) is 10.3. The number of benzene rings is 2. The van der Waals surface area contributed by atoms with Crippen molar-refractivity contribution in [3.63, 3.8) is 0 Å². The van der Waals surface area contributed by atoms with Crippen molar-refractivity contribution in [2.45, 2.75) is 26.3 Å². The first-order valence-electron chi connectivity index (χ1n) is 11.8. The Bertz CT molecular complexity index is 1260. The number of urea groups is 1. The van der Waals surface area contributed by atoms with Crippen LogP contribution in [0.1, 0.15) is 27.6 Å². The number of amides is 3. The molecule has 2 heterocycles. The van der Waals surface area contributed by atoms with Crippen LogP contribution < -0.4 is 10.1 Å². The molecular weight excluding hydrogens is 494 g/mol. The van der Waals surface area contributed by atoms with Crippen molar-refractivity contribution >= 4 is 40.6 Å². The summed E-state index contributed by atoms with van der Waals surface area (Å²) in [6.07, 6.45) is 2.40. The number of hydrogen-bond acceptors (Lipinski definition) is 4. The van der Waals surface area contributed by atoms with Gasteiger partial charge < -0.3 is 19.9 Å². The molecule has 36 heavy (non-hydrogen) atoms. The lowest BCUT2D eigenvalue weighted by molar-refractivity contribution is -0.135. The van der Waals surface area contributed by atoms with Crippen molar-refractivity contribution in [3.05, 3.63) is 93.2 Å². The van der Waals surface area contributed by atoms with Crippen molar-refractivity contribution in [1.29, 1.82) is 0 Å². The molecule has 4 rings (SSSR count). The minimum atomic E-state index is -0.387. The molecule has 1 aromatic heterocycles. The summed E-state index contributed by atoms with van der Waals surface area (Å²) < 4.78 is 6.22. The molecule has 2 aromatic carbocycles. The Balaban J connectivity index is 1.49. The third-order valence-electron chi connectivity index (χ3n) is 6.18. The number of halogens is 1. The Morgan fingerprint density at radius 2 is 2.08 bits per heavy atom. The maximum absolute atomic E-state index is 13.6. The maximum atomic E-state index is 13.6. The molecule has 1 N–H and O–H groups in total. The molecule has 3 amide bonds. The molecule has 1 aliphatic rings. The number of ether oxygens (including phenoxy) is 1. The van der Waals surface area contributed by atoms with E-state index in [4.69, 9.17) is 16.3 Å². The molecular formula is C28H30ClN3O3S. The fraction of sp³-hybridized carbons (Fsp3) is 0.286. The molecule has 0 bridgehead atoms. The van der Waals surface area contributed by atoms with Crippen molar-refractivity contribution in [1.82, 2.24) is 9.80 Å². The van der Waals surface area contributed by atoms with Gasteiger partial charge in [0.15, 0.2) is 0 Å². The molecule has 0 saturated carbocycles. The number of hydrogen-bond donors (Lipinski definition) is 1. The van der Waals surface area contributed by atoms with E-state index < -0.39 is 0 Å². The summed E-state index contributed by atoms with van der Waals surface area (Å²) in [5.41, 5.74) is 3.91. The van der Waals surface area contributed by atoms with Crippen molar-refractivity contribution in [2.75, 3.05) is 31.6 Å². The second-order valence-electron chi connectivity index (χ2n) is 8.84. The third kappa shape index (κ3) is 6.09. The van der Waals surface area contributed by atoms with Gasteiger partial charge in [0.2, 0.25) is 5.91 Å². The fourth-order valence-corrected chi connectivity index (χ4v) is 5.52. The van der Waals surface area contributed by atoms with Crippen LogP contribution in [-0.2, 0) is 11.2 Å². The summed E-state index contributed by atoms with van der Waals surface area (Å²) in [5.74, 6) is 0.675. The summed E-state index contributed by atoms with van der Waals surface area (Å²) in [7, 11) is 0. The summed E-state index contributed by atoms with van der Waals surface area (Å²) >= 11 is 7.75. The van der Waals surface area contributed by atoms with E-state index in [1.54, 1.807) is 41.7 Å². The predicted octanol–water partition coefficient (Wildman–Crippen LogP) is 6.24. The van der Waals surface area contributed by atoms with Crippen LogP contribution in [0, 0.1) is 13.8 Å². The van der Waals surface area contributed by atoms with Gasteiger partial charge in [-0.2, -0.15) is 0 Å². The van der Waals surface area contributed by atoms with Crippen LogP contribution in [0.2, 0.25) is 5.02 Å². The molecule has 8 heteroatoms. The number of rotatable bonds is 8. The second kappa shape index (κ2) is 11.6. The molecule has 0 radical (unpaired) electrons. The lowest BCUT2D eigenvalue weighted by Crippen LogP contribution is -2.48. The van der Waals surface area contributed by atoms with Crippen LogP contribution in [-0.4, -0.2) is 48.0 Å². The van der Waals surface area contributed by atoms with Gasteiger partial charge in [0.05, 0.1) is 6.04 Å². The average molecular weight is 524 g/mol. The number of anilines is 1. The first kappa shape index (κ1) is 25.8. The number of nitrogens with zero attached hydrogens (tertiary/aromatic N) is 2. The molecule has 1 atom stereocenters. The Kier molecular flexibility index (Phi) is 8.33. The lowest BCUT2D eigenvalue weighted by atomic mass is 10.0. The van der Waals surface area contributed by atoms with Crippen LogP contribution in [0.3, 0.4) is 0 Å². The van der Waals surface area contributed by atoms with Gasteiger partial charge in [0, 0.05) is 28.7 Å². The Morgan fingerprint density at radius 3 is 2.83 bits per heavy atom. The van der Waals surface area contributed by atoms with E-state index >= 15 is 0 Å². The molecule has 1 unspecified atom stereocenters. The maximum Gasteiger partial charge on any atom is 0.322 e. The zero-order valence-corrected chi connectivity index (χ0v) is 22.1. The van der Waals surface area contributed by atoms with Gasteiger partial charge in [0.1, 0.15) is 18.9 Å². The molecule has 6 nitrogen and oxygen atoms in total. The van der Waals surface area contributed by atoms with Crippen LogP contribution in [0.15, 0.2) is 66.6 Å². The highest BCUT2D eigenvalue weighted by Gasteiger charge is 2.33. The van der Waals surface area contributed by atoms with Crippen LogP contribution in [0.25, 0.3) is 0 Å². The number of thiophene rings is 1. The van der Waals surface area contributed by atoms with E-state index in [9.17, 15) is 9.59 Å². The Labute approximate surface area is 221 Å². The topological polar surface area (TPSA) is 61.9 Å². The first-order chi connectivity index (χ1) is 17.4. The Hall–Kier alpha value is -3.29. The molecule has 0 saturated heterocycles. The van der Waals surface area contributed by atoms with Crippen LogP contribution in [0.4, 0.5) is 10.5 Å². The molecule has 0 spiro atoms. The zero-order chi connectivity index (χ0) is 25.7.